The molecule has 62 valence electrons. The molecule has 0 aromatic carbocycles. The molecule has 1 aliphatic rings. The van der Waals surface area contributed by atoms with E-state index in [1.807, 2.05) is 0 Å². The van der Waals surface area contributed by atoms with Crippen LogP contribution in [0.15, 0.2) is 12.2 Å². The van der Waals surface area contributed by atoms with Crippen molar-refractivity contribution in [3.63, 3.8) is 0 Å². The normalized spacial score (nSPS) is 16.5. The molecule has 0 radical (unpaired) electrons. The summed E-state index contributed by atoms with van der Waals surface area (Å²) in [5.41, 5.74) is 1.21. The lowest BCUT2D eigenvalue weighted by atomic mass is 10.1. The maximum Gasteiger partial charge on any atom is 0.136 e. The smallest absolute Gasteiger partial charge is 0.136 e. The Morgan fingerprint density at radius 1 is 1.45 bits per heavy atom. The van der Waals surface area contributed by atoms with Crippen molar-refractivity contribution in [1.82, 2.24) is 0 Å². The average Bonchev–Trinajstić information content (AvgIpc) is 2.81. The van der Waals surface area contributed by atoms with E-state index in [2.05, 4.69) is 13.5 Å². The molecule has 0 heterocycles. The van der Waals surface area contributed by atoms with Gasteiger partial charge in [-0.1, -0.05) is 19.1 Å². The quantitative estimate of drug-likeness (QED) is 0.553. The van der Waals surface area contributed by atoms with E-state index in [4.69, 9.17) is 0 Å². The molecular weight excluding hydrogens is 136 g/mol. The predicted molar refractivity (Wildman–Crippen MR) is 46.4 cm³/mol. The van der Waals surface area contributed by atoms with Gasteiger partial charge in [-0.25, -0.2) is 0 Å². The highest BCUT2D eigenvalue weighted by molar-refractivity contribution is 5.83. The molecule has 0 N–H and O–H groups in total. The predicted octanol–water partition coefficient (Wildman–Crippen LogP) is 2.71. The first kappa shape index (κ1) is 8.51. The molecule has 0 bridgehead atoms. The van der Waals surface area contributed by atoms with E-state index in [9.17, 15) is 4.79 Å². The molecule has 1 heteroatoms. The van der Waals surface area contributed by atoms with Crippen molar-refractivity contribution in [1.29, 1.82) is 0 Å². The van der Waals surface area contributed by atoms with E-state index in [1.165, 1.54) is 5.57 Å². The molecule has 0 unspecified atom stereocenters. The van der Waals surface area contributed by atoms with Gasteiger partial charge in [-0.3, -0.25) is 4.79 Å². The number of carbonyl (C=O) groups excluding carboxylic acids is 1. The molecule has 0 aromatic heterocycles. The summed E-state index contributed by atoms with van der Waals surface area (Å²) in [6.07, 6.45) is 4.93. The van der Waals surface area contributed by atoms with Crippen molar-refractivity contribution in [3.8, 4) is 0 Å². The first-order chi connectivity index (χ1) is 5.24. The van der Waals surface area contributed by atoms with E-state index >= 15 is 0 Å². The van der Waals surface area contributed by atoms with Crippen LogP contribution in [0.3, 0.4) is 0 Å². The van der Waals surface area contributed by atoms with Gasteiger partial charge in [0.05, 0.1) is 0 Å². The number of allylic oxidation sites excluding steroid dienone is 1. The van der Waals surface area contributed by atoms with Crippen LogP contribution >= 0.6 is 0 Å². The fourth-order valence-electron chi connectivity index (χ4n) is 1.09. The van der Waals surface area contributed by atoms with Gasteiger partial charge in [0.25, 0.3) is 0 Å². The van der Waals surface area contributed by atoms with E-state index in [-0.39, 0.29) is 0 Å². The summed E-state index contributed by atoms with van der Waals surface area (Å²) in [6, 6.07) is 0. The van der Waals surface area contributed by atoms with Gasteiger partial charge < -0.3 is 0 Å². The van der Waals surface area contributed by atoms with Gasteiger partial charge in [0.1, 0.15) is 5.78 Å². The molecule has 0 atom stereocenters. The van der Waals surface area contributed by atoms with Gasteiger partial charge >= 0.3 is 0 Å². The van der Waals surface area contributed by atoms with Gasteiger partial charge in [0.2, 0.25) is 0 Å². The lowest BCUT2D eigenvalue weighted by molar-refractivity contribution is -0.120. The molecular formula is C10H16O. The van der Waals surface area contributed by atoms with Crippen LogP contribution in [-0.4, -0.2) is 5.78 Å². The fraction of sp³-hybridized carbons (Fsp3) is 0.700. The third kappa shape index (κ3) is 2.87. The largest absolute Gasteiger partial charge is 0.299 e. The second kappa shape index (κ2) is 3.70. The minimum atomic E-state index is 0.430. The number of rotatable bonds is 5. The second-order valence-electron chi connectivity index (χ2n) is 3.34. The molecule has 11 heavy (non-hydrogen) atoms. The minimum Gasteiger partial charge on any atom is -0.299 e. The van der Waals surface area contributed by atoms with E-state index in [1.54, 1.807) is 0 Å². The molecule has 0 amide bonds. The van der Waals surface area contributed by atoms with Crippen molar-refractivity contribution in [2.45, 2.75) is 39.0 Å². The number of carbonyl (C=O) groups is 1. The van der Waals surface area contributed by atoms with E-state index in [0.717, 1.165) is 32.1 Å². The number of Topliss-reactive ketones (excluding diaryl/α,β-unsaturated/α-hetero) is 1. The van der Waals surface area contributed by atoms with Crippen LogP contribution in [0.5, 0.6) is 0 Å². The molecule has 1 fully saturated rings. The molecule has 0 aliphatic heterocycles. The zero-order chi connectivity index (χ0) is 8.27. The zero-order valence-corrected chi connectivity index (χ0v) is 7.23. The highest BCUT2D eigenvalue weighted by Gasteiger charge is 2.28. The summed E-state index contributed by atoms with van der Waals surface area (Å²) in [6.45, 7) is 5.96. The van der Waals surface area contributed by atoms with Crippen LogP contribution in [0.25, 0.3) is 0 Å². The van der Waals surface area contributed by atoms with Crippen molar-refractivity contribution < 1.29 is 4.79 Å². The fourth-order valence-corrected chi connectivity index (χ4v) is 1.09. The van der Waals surface area contributed by atoms with Crippen LogP contribution < -0.4 is 0 Å². The van der Waals surface area contributed by atoms with Crippen LogP contribution in [0.2, 0.25) is 0 Å². The number of ketones is 1. The number of hydrogen-bond acceptors (Lipinski definition) is 1. The standard InChI is InChI=1S/C10H16O/c1-3-8(2)4-7-10(11)9-5-6-9/h9H,2-7H2,1H3. The third-order valence-corrected chi connectivity index (χ3v) is 2.26. The summed E-state index contributed by atoms with van der Waals surface area (Å²) in [7, 11) is 0. The molecule has 1 rings (SSSR count). The SMILES string of the molecule is C=C(CC)CCC(=O)C1CC1. The number of hydrogen-bond donors (Lipinski definition) is 0. The van der Waals surface area contributed by atoms with Gasteiger partial charge in [0, 0.05) is 12.3 Å². The first-order valence-corrected chi connectivity index (χ1v) is 4.43. The van der Waals surface area contributed by atoms with Gasteiger partial charge in [-0.15, -0.1) is 0 Å². The summed E-state index contributed by atoms with van der Waals surface area (Å²) < 4.78 is 0. The Hall–Kier alpha value is -0.590. The van der Waals surface area contributed by atoms with E-state index in [0.29, 0.717) is 11.7 Å². The van der Waals surface area contributed by atoms with Crippen molar-refractivity contribution >= 4 is 5.78 Å². The molecule has 1 aliphatic carbocycles. The Morgan fingerprint density at radius 2 is 2.09 bits per heavy atom. The average molecular weight is 152 g/mol. The monoisotopic (exact) mass is 152 g/mol. The van der Waals surface area contributed by atoms with Crippen LogP contribution in [0.1, 0.15) is 39.0 Å². The Morgan fingerprint density at radius 3 is 2.55 bits per heavy atom. The Balaban J connectivity index is 2.10. The summed E-state index contributed by atoms with van der Waals surface area (Å²) in [5, 5.41) is 0. The van der Waals surface area contributed by atoms with Crippen molar-refractivity contribution in [3.05, 3.63) is 12.2 Å². The van der Waals surface area contributed by atoms with E-state index < -0.39 is 0 Å². The maximum atomic E-state index is 11.2. The Bertz CT molecular complexity index is 166. The molecule has 1 nitrogen and oxygen atoms in total. The molecule has 1 saturated carbocycles. The molecule has 0 saturated heterocycles. The minimum absolute atomic E-state index is 0.430. The van der Waals surface area contributed by atoms with Gasteiger partial charge in [-0.05, 0) is 25.7 Å². The lowest BCUT2D eigenvalue weighted by Crippen LogP contribution is -1.99. The maximum absolute atomic E-state index is 11.2. The van der Waals surface area contributed by atoms with Crippen LogP contribution in [0, 0.1) is 5.92 Å². The highest BCUT2D eigenvalue weighted by Crippen LogP contribution is 2.31. The highest BCUT2D eigenvalue weighted by atomic mass is 16.1. The Kier molecular flexibility index (Phi) is 2.86. The molecule has 0 aromatic rings. The lowest BCUT2D eigenvalue weighted by Gasteiger charge is -1.99. The summed E-state index contributed by atoms with van der Waals surface area (Å²) in [5.74, 6) is 0.888. The van der Waals surface area contributed by atoms with Crippen LogP contribution in [0.4, 0.5) is 0 Å². The van der Waals surface area contributed by atoms with Crippen LogP contribution in [-0.2, 0) is 4.79 Å². The van der Waals surface area contributed by atoms with Gasteiger partial charge in [0.15, 0.2) is 0 Å². The summed E-state index contributed by atoms with van der Waals surface area (Å²) in [4.78, 5) is 11.2. The van der Waals surface area contributed by atoms with Crippen molar-refractivity contribution in [2.75, 3.05) is 0 Å². The summed E-state index contributed by atoms with van der Waals surface area (Å²) >= 11 is 0. The second-order valence-corrected chi connectivity index (χ2v) is 3.34. The molecule has 0 spiro atoms. The topological polar surface area (TPSA) is 17.1 Å². The first-order valence-electron chi connectivity index (χ1n) is 4.43. The van der Waals surface area contributed by atoms with Crippen molar-refractivity contribution in [2.24, 2.45) is 5.92 Å². The van der Waals surface area contributed by atoms with Gasteiger partial charge in [-0.2, -0.15) is 0 Å². The Labute approximate surface area is 68.5 Å². The zero-order valence-electron chi connectivity index (χ0n) is 7.23. The third-order valence-electron chi connectivity index (χ3n) is 2.26.